The highest BCUT2D eigenvalue weighted by Gasteiger charge is 2.31. The zero-order valence-electron chi connectivity index (χ0n) is 19.9. The number of anilines is 2. The van der Waals surface area contributed by atoms with Gasteiger partial charge >= 0.3 is 0 Å². The Morgan fingerprint density at radius 3 is 2.03 bits per heavy atom. The van der Waals surface area contributed by atoms with E-state index in [4.69, 9.17) is 23.2 Å². The second kappa shape index (κ2) is 11.9. The third kappa shape index (κ3) is 7.49. The zero-order chi connectivity index (χ0) is 27.5. The molecule has 3 aromatic rings. The van der Waals surface area contributed by atoms with Crippen LogP contribution >= 0.6 is 39.1 Å². The Hall–Kier alpha value is -2.15. The minimum Gasteiger partial charge on any atom is -0.326 e. The number of benzene rings is 3. The number of amides is 1. The molecule has 1 heterocycles. The summed E-state index contributed by atoms with van der Waals surface area (Å²) in [5.41, 5.74) is 1.36. The van der Waals surface area contributed by atoms with E-state index in [1.165, 1.54) is 46.8 Å². The highest BCUT2D eigenvalue weighted by molar-refractivity contribution is 9.10. The molecule has 13 heteroatoms. The fraction of sp³-hybridized carbons (Fsp3) is 0.240. The lowest BCUT2D eigenvalue weighted by atomic mass is 9.97. The van der Waals surface area contributed by atoms with Crippen molar-refractivity contribution < 1.29 is 21.6 Å². The van der Waals surface area contributed by atoms with Crippen LogP contribution in [0.25, 0.3) is 0 Å². The Kier molecular flexibility index (Phi) is 9.06. The van der Waals surface area contributed by atoms with E-state index in [-0.39, 0.29) is 41.3 Å². The molecule has 8 nitrogen and oxygen atoms in total. The van der Waals surface area contributed by atoms with Crippen molar-refractivity contribution in [1.82, 2.24) is 4.31 Å². The zero-order valence-corrected chi connectivity index (χ0v) is 24.6. The van der Waals surface area contributed by atoms with Crippen molar-refractivity contribution in [2.45, 2.75) is 23.5 Å². The smallest absolute Gasteiger partial charge is 0.261 e. The lowest BCUT2D eigenvalue weighted by molar-refractivity contribution is -0.120. The molecule has 1 fully saturated rings. The largest absolute Gasteiger partial charge is 0.326 e. The molecule has 2 N–H and O–H groups in total. The van der Waals surface area contributed by atoms with Crippen LogP contribution in [0.2, 0.25) is 10.0 Å². The van der Waals surface area contributed by atoms with E-state index < -0.39 is 20.0 Å². The fourth-order valence-electron chi connectivity index (χ4n) is 4.07. The van der Waals surface area contributed by atoms with Gasteiger partial charge < -0.3 is 5.32 Å². The quantitative estimate of drug-likeness (QED) is 0.320. The molecule has 38 heavy (non-hydrogen) atoms. The number of halogens is 3. The minimum absolute atomic E-state index is 0.00381. The lowest BCUT2D eigenvalue weighted by Crippen LogP contribution is -2.41. The molecular formula is C25H24BrCl2N3O5S2. The van der Waals surface area contributed by atoms with Crippen LogP contribution in [0.4, 0.5) is 11.4 Å². The summed E-state index contributed by atoms with van der Waals surface area (Å²) >= 11 is 15.2. The number of hydrogen-bond acceptors (Lipinski definition) is 5. The molecule has 1 aliphatic rings. The van der Waals surface area contributed by atoms with Gasteiger partial charge in [-0.3, -0.25) is 9.52 Å². The summed E-state index contributed by atoms with van der Waals surface area (Å²) in [5.74, 6) is -0.685. The summed E-state index contributed by atoms with van der Waals surface area (Å²) in [6.45, 7) is 0.515. The molecule has 0 unspecified atom stereocenters. The number of rotatable bonds is 8. The molecule has 1 aliphatic heterocycles. The molecule has 0 aliphatic carbocycles. The van der Waals surface area contributed by atoms with Gasteiger partial charge in [0.05, 0.1) is 16.3 Å². The van der Waals surface area contributed by atoms with Gasteiger partial charge in [-0.1, -0.05) is 51.3 Å². The maximum Gasteiger partial charge on any atom is 0.261 e. The van der Waals surface area contributed by atoms with Crippen LogP contribution in [0.3, 0.4) is 0 Å². The Morgan fingerprint density at radius 1 is 0.868 bits per heavy atom. The van der Waals surface area contributed by atoms with Crippen LogP contribution in [0.5, 0.6) is 0 Å². The van der Waals surface area contributed by atoms with Gasteiger partial charge in [0, 0.05) is 39.2 Å². The number of carbonyl (C=O) groups is 1. The molecule has 0 spiro atoms. The third-order valence-corrected chi connectivity index (χ3v) is 10.2. The van der Waals surface area contributed by atoms with Crippen molar-refractivity contribution in [2.24, 2.45) is 5.92 Å². The highest BCUT2D eigenvalue weighted by atomic mass is 79.9. The first-order valence-corrected chi connectivity index (χ1v) is 16.2. The summed E-state index contributed by atoms with van der Waals surface area (Å²) < 4.78 is 55.8. The number of carbonyl (C=O) groups excluding carboxylic acids is 1. The molecule has 0 bridgehead atoms. The van der Waals surface area contributed by atoms with Crippen LogP contribution in [-0.2, 0) is 30.6 Å². The number of nitrogens with zero attached hydrogens (tertiary/aromatic N) is 1. The normalized spacial score (nSPS) is 15.2. The minimum atomic E-state index is -3.90. The fourth-order valence-corrected chi connectivity index (χ4v) is 7.46. The van der Waals surface area contributed by atoms with Crippen LogP contribution in [0, 0.1) is 5.92 Å². The summed E-state index contributed by atoms with van der Waals surface area (Å²) in [6, 6.07) is 17.2. The molecule has 1 saturated heterocycles. The summed E-state index contributed by atoms with van der Waals surface area (Å²) in [6.07, 6.45) is 0.786. The van der Waals surface area contributed by atoms with E-state index in [9.17, 15) is 21.6 Å². The number of piperidine rings is 1. The predicted molar refractivity (Wildman–Crippen MR) is 153 cm³/mol. The number of nitrogens with one attached hydrogen (secondary N) is 2. The van der Waals surface area contributed by atoms with E-state index in [2.05, 4.69) is 26.0 Å². The van der Waals surface area contributed by atoms with Crippen molar-refractivity contribution in [3.63, 3.8) is 0 Å². The van der Waals surface area contributed by atoms with Crippen molar-refractivity contribution in [2.75, 3.05) is 23.1 Å². The lowest BCUT2D eigenvalue weighted by Gasteiger charge is -2.30. The highest BCUT2D eigenvalue weighted by Crippen LogP contribution is 2.26. The van der Waals surface area contributed by atoms with E-state index in [0.717, 1.165) is 4.47 Å². The Morgan fingerprint density at radius 2 is 1.45 bits per heavy atom. The third-order valence-electron chi connectivity index (χ3n) is 6.03. The van der Waals surface area contributed by atoms with Crippen molar-refractivity contribution in [1.29, 1.82) is 0 Å². The van der Waals surface area contributed by atoms with Gasteiger partial charge in [-0.2, -0.15) is 0 Å². The standard InChI is InChI=1S/C25H24BrCl2N3O5S2/c26-19-3-1-17(2-4-19)16-37(33,34)31-11-9-18(10-12-31)25(32)29-22-5-7-24(8-6-22)38(35,36)30-23-14-20(27)13-21(28)15-23/h1-8,13-15,18,30H,9-12,16H2,(H,29,32). The monoisotopic (exact) mass is 659 g/mol. The van der Waals surface area contributed by atoms with Gasteiger partial charge in [-0.15, -0.1) is 0 Å². The van der Waals surface area contributed by atoms with E-state index in [1.807, 2.05) is 0 Å². The van der Waals surface area contributed by atoms with Crippen molar-refractivity contribution >= 4 is 76.5 Å². The maximum atomic E-state index is 12.8. The molecule has 0 saturated carbocycles. The predicted octanol–water partition coefficient (Wildman–Crippen LogP) is 5.74. The first kappa shape index (κ1) is 28.8. The van der Waals surface area contributed by atoms with Gasteiger partial charge in [0.15, 0.2) is 0 Å². The summed E-state index contributed by atoms with van der Waals surface area (Å²) in [4.78, 5) is 12.8. The first-order valence-electron chi connectivity index (χ1n) is 11.5. The topological polar surface area (TPSA) is 113 Å². The second-order valence-corrected chi connectivity index (χ2v) is 14.3. The van der Waals surface area contributed by atoms with Gasteiger partial charge in [0.1, 0.15) is 0 Å². The number of hydrogen-bond donors (Lipinski definition) is 2. The van der Waals surface area contributed by atoms with Gasteiger partial charge in [0.25, 0.3) is 10.0 Å². The van der Waals surface area contributed by atoms with E-state index >= 15 is 0 Å². The Balaban J connectivity index is 1.32. The molecule has 0 atom stereocenters. The summed E-state index contributed by atoms with van der Waals surface area (Å²) in [5, 5.41) is 3.38. The molecule has 0 radical (unpaired) electrons. The Bertz CT molecular complexity index is 1510. The van der Waals surface area contributed by atoms with Gasteiger partial charge in [0.2, 0.25) is 15.9 Å². The molecule has 4 rings (SSSR count). The van der Waals surface area contributed by atoms with Crippen LogP contribution in [0.15, 0.2) is 76.1 Å². The second-order valence-electron chi connectivity index (χ2n) is 8.83. The average Bonchev–Trinajstić information content (AvgIpc) is 2.85. The maximum absolute atomic E-state index is 12.8. The summed E-state index contributed by atoms with van der Waals surface area (Å²) in [7, 11) is -7.40. The van der Waals surface area contributed by atoms with Crippen LogP contribution in [-0.4, -0.2) is 40.1 Å². The van der Waals surface area contributed by atoms with Crippen molar-refractivity contribution in [3.8, 4) is 0 Å². The van der Waals surface area contributed by atoms with Crippen LogP contribution in [0.1, 0.15) is 18.4 Å². The Labute approximate surface area is 240 Å². The molecule has 0 aromatic heterocycles. The van der Waals surface area contributed by atoms with E-state index in [0.29, 0.717) is 34.1 Å². The molecule has 202 valence electrons. The molecule has 3 aromatic carbocycles. The number of sulfonamides is 2. The average molecular weight is 661 g/mol. The van der Waals surface area contributed by atoms with Gasteiger partial charge in [-0.05, 0) is 73.0 Å². The molecular weight excluding hydrogens is 637 g/mol. The van der Waals surface area contributed by atoms with E-state index in [1.54, 1.807) is 24.3 Å². The van der Waals surface area contributed by atoms with Gasteiger partial charge in [-0.25, -0.2) is 21.1 Å². The first-order chi connectivity index (χ1) is 17.9. The van der Waals surface area contributed by atoms with Crippen molar-refractivity contribution in [3.05, 3.63) is 86.8 Å². The molecule has 1 amide bonds. The van der Waals surface area contributed by atoms with Crippen LogP contribution < -0.4 is 10.0 Å². The SMILES string of the molecule is O=C(Nc1ccc(S(=O)(=O)Nc2cc(Cl)cc(Cl)c2)cc1)C1CCN(S(=O)(=O)Cc2ccc(Br)cc2)CC1.